The lowest BCUT2D eigenvalue weighted by molar-refractivity contribution is 0.454. The Kier molecular flexibility index (Phi) is 3.79. The minimum absolute atomic E-state index is 0.296. The van der Waals surface area contributed by atoms with Gasteiger partial charge in [-0.3, -0.25) is 0 Å². The monoisotopic (exact) mass is 359 g/mol. The predicted molar refractivity (Wildman–Crippen MR) is 70.8 cm³/mol. The third kappa shape index (κ3) is 3.04. The van der Waals surface area contributed by atoms with E-state index in [2.05, 4.69) is 36.8 Å². The molecule has 0 atom stereocenters. The lowest BCUT2D eigenvalue weighted by Gasteiger charge is -2.07. The predicted octanol–water partition coefficient (Wildman–Crippen LogP) is 4.85. The number of nitrogens with zero attached hydrogens (tertiary/aromatic N) is 1. The summed E-state index contributed by atoms with van der Waals surface area (Å²) in [5, 5.41) is 0. The van der Waals surface area contributed by atoms with Crippen LogP contribution >= 0.6 is 31.9 Å². The van der Waals surface area contributed by atoms with Crippen LogP contribution in [-0.4, -0.2) is 4.98 Å². The third-order valence-corrected chi connectivity index (χ3v) is 3.13. The highest BCUT2D eigenvalue weighted by Crippen LogP contribution is 2.30. The molecule has 0 aliphatic heterocycles. The molecule has 0 amide bonds. The maximum Gasteiger partial charge on any atom is 0.233 e. The summed E-state index contributed by atoms with van der Waals surface area (Å²) in [6, 6.07) is 6.52. The smallest absolute Gasteiger partial charge is 0.233 e. The van der Waals surface area contributed by atoms with E-state index in [-0.39, 0.29) is 5.82 Å². The number of rotatable bonds is 2. The van der Waals surface area contributed by atoms with Crippen molar-refractivity contribution < 1.29 is 9.13 Å². The molecule has 0 spiro atoms. The number of aromatic nitrogens is 1. The summed E-state index contributed by atoms with van der Waals surface area (Å²) in [5.74, 6) is 0.524. The Balaban J connectivity index is 2.28. The Morgan fingerprint density at radius 3 is 2.65 bits per heavy atom. The highest BCUT2D eigenvalue weighted by molar-refractivity contribution is 9.11. The number of aryl methyl sites for hydroxylation is 1. The van der Waals surface area contributed by atoms with Gasteiger partial charge in [0.15, 0.2) is 0 Å². The second kappa shape index (κ2) is 5.14. The molecular formula is C12H8Br2FNO. The van der Waals surface area contributed by atoms with Crippen LogP contribution in [0.5, 0.6) is 11.6 Å². The van der Waals surface area contributed by atoms with Gasteiger partial charge in [-0.05, 0) is 56.5 Å². The fraction of sp³-hybridized carbons (Fsp3) is 0.0833. The molecule has 17 heavy (non-hydrogen) atoms. The fourth-order valence-electron chi connectivity index (χ4n) is 1.23. The van der Waals surface area contributed by atoms with Crippen LogP contribution in [0.3, 0.4) is 0 Å². The molecule has 1 aromatic heterocycles. The van der Waals surface area contributed by atoms with Gasteiger partial charge in [0.05, 0.1) is 4.47 Å². The third-order valence-electron chi connectivity index (χ3n) is 2.13. The van der Waals surface area contributed by atoms with Crippen LogP contribution in [0, 0.1) is 12.7 Å². The summed E-state index contributed by atoms with van der Waals surface area (Å²) in [5.41, 5.74) is 0.584. The topological polar surface area (TPSA) is 22.1 Å². The first-order valence-electron chi connectivity index (χ1n) is 4.81. The summed E-state index contributed by atoms with van der Waals surface area (Å²) >= 11 is 6.62. The van der Waals surface area contributed by atoms with E-state index in [0.29, 0.717) is 21.7 Å². The minimum atomic E-state index is -0.296. The molecule has 2 nitrogen and oxygen atoms in total. The zero-order valence-electron chi connectivity index (χ0n) is 8.88. The van der Waals surface area contributed by atoms with Crippen LogP contribution in [0.1, 0.15) is 5.56 Å². The zero-order valence-corrected chi connectivity index (χ0v) is 12.0. The lowest BCUT2D eigenvalue weighted by Crippen LogP contribution is -1.91. The van der Waals surface area contributed by atoms with Crippen molar-refractivity contribution in [3.05, 3.63) is 50.8 Å². The highest BCUT2D eigenvalue weighted by Gasteiger charge is 2.06. The van der Waals surface area contributed by atoms with E-state index in [9.17, 15) is 4.39 Å². The van der Waals surface area contributed by atoms with E-state index in [1.807, 2.05) is 6.07 Å². The Morgan fingerprint density at radius 1 is 1.24 bits per heavy atom. The van der Waals surface area contributed by atoms with Crippen molar-refractivity contribution >= 4 is 31.9 Å². The number of hydrogen-bond acceptors (Lipinski definition) is 2. The molecule has 0 fully saturated rings. The summed E-state index contributed by atoms with van der Waals surface area (Å²) in [7, 11) is 0. The molecule has 0 aliphatic rings. The summed E-state index contributed by atoms with van der Waals surface area (Å²) in [4.78, 5) is 4.09. The standard InChI is InChI=1S/C12H8Br2FNO/c1-7-2-3-9(5-11(7)15)17-12-10(14)4-8(13)6-16-12/h2-6H,1H3. The summed E-state index contributed by atoms with van der Waals surface area (Å²) in [6.45, 7) is 1.70. The van der Waals surface area contributed by atoms with E-state index in [1.54, 1.807) is 25.3 Å². The quantitative estimate of drug-likeness (QED) is 0.763. The van der Waals surface area contributed by atoms with Crippen molar-refractivity contribution in [2.45, 2.75) is 6.92 Å². The normalized spacial score (nSPS) is 10.4. The molecule has 88 valence electrons. The van der Waals surface area contributed by atoms with Crippen molar-refractivity contribution in [2.24, 2.45) is 0 Å². The Labute approximate surface area is 115 Å². The summed E-state index contributed by atoms with van der Waals surface area (Å²) in [6.07, 6.45) is 1.62. The van der Waals surface area contributed by atoms with Gasteiger partial charge in [0, 0.05) is 16.7 Å². The molecule has 0 saturated carbocycles. The zero-order chi connectivity index (χ0) is 12.4. The van der Waals surface area contributed by atoms with Crippen LogP contribution in [0.4, 0.5) is 4.39 Å². The van der Waals surface area contributed by atoms with Crippen molar-refractivity contribution in [3.63, 3.8) is 0 Å². The fourth-order valence-corrected chi connectivity index (χ4v) is 2.29. The van der Waals surface area contributed by atoms with Crippen LogP contribution in [0.15, 0.2) is 39.4 Å². The molecule has 1 aromatic carbocycles. The van der Waals surface area contributed by atoms with Gasteiger partial charge < -0.3 is 4.74 Å². The van der Waals surface area contributed by atoms with Crippen LogP contribution in [0.25, 0.3) is 0 Å². The largest absolute Gasteiger partial charge is 0.438 e. The number of benzene rings is 1. The number of hydrogen-bond donors (Lipinski definition) is 0. The van der Waals surface area contributed by atoms with Gasteiger partial charge >= 0.3 is 0 Å². The van der Waals surface area contributed by atoms with Gasteiger partial charge in [-0.1, -0.05) is 6.07 Å². The van der Waals surface area contributed by atoms with Gasteiger partial charge in [0.25, 0.3) is 0 Å². The molecule has 5 heteroatoms. The van der Waals surface area contributed by atoms with Crippen LogP contribution in [0.2, 0.25) is 0 Å². The molecule has 0 saturated heterocycles. The van der Waals surface area contributed by atoms with Crippen molar-refractivity contribution in [3.8, 4) is 11.6 Å². The maximum atomic E-state index is 13.3. The van der Waals surface area contributed by atoms with E-state index in [1.165, 1.54) is 6.07 Å². The lowest BCUT2D eigenvalue weighted by atomic mass is 10.2. The summed E-state index contributed by atoms with van der Waals surface area (Å²) < 4.78 is 20.3. The second-order valence-electron chi connectivity index (χ2n) is 3.45. The number of ether oxygens (including phenoxy) is 1. The molecule has 2 aromatic rings. The second-order valence-corrected chi connectivity index (χ2v) is 5.22. The molecule has 0 aliphatic carbocycles. The molecule has 0 N–H and O–H groups in total. The van der Waals surface area contributed by atoms with Gasteiger partial charge in [0.2, 0.25) is 5.88 Å². The van der Waals surface area contributed by atoms with E-state index < -0.39 is 0 Å². The first-order chi connectivity index (χ1) is 8.06. The Bertz CT molecular complexity index is 560. The minimum Gasteiger partial charge on any atom is -0.438 e. The molecule has 0 unspecified atom stereocenters. The first-order valence-corrected chi connectivity index (χ1v) is 6.40. The van der Waals surface area contributed by atoms with Gasteiger partial charge in [-0.2, -0.15) is 0 Å². The maximum absolute atomic E-state index is 13.3. The molecule has 1 heterocycles. The highest BCUT2D eigenvalue weighted by atomic mass is 79.9. The molecule has 2 rings (SSSR count). The van der Waals surface area contributed by atoms with Crippen LogP contribution < -0.4 is 4.74 Å². The SMILES string of the molecule is Cc1ccc(Oc2ncc(Br)cc2Br)cc1F. The number of pyridine rings is 1. The molecular weight excluding hydrogens is 353 g/mol. The molecule has 0 radical (unpaired) electrons. The average molecular weight is 361 g/mol. The number of halogens is 3. The van der Waals surface area contributed by atoms with Gasteiger partial charge in [-0.15, -0.1) is 0 Å². The first kappa shape index (κ1) is 12.5. The Hall–Kier alpha value is -0.940. The van der Waals surface area contributed by atoms with E-state index in [0.717, 1.165) is 4.47 Å². The average Bonchev–Trinajstić information content (AvgIpc) is 2.27. The van der Waals surface area contributed by atoms with E-state index >= 15 is 0 Å². The van der Waals surface area contributed by atoms with Gasteiger partial charge in [-0.25, -0.2) is 9.37 Å². The van der Waals surface area contributed by atoms with Crippen molar-refractivity contribution in [2.75, 3.05) is 0 Å². The van der Waals surface area contributed by atoms with Crippen LogP contribution in [-0.2, 0) is 0 Å². The van der Waals surface area contributed by atoms with Crippen molar-refractivity contribution in [1.29, 1.82) is 0 Å². The van der Waals surface area contributed by atoms with E-state index in [4.69, 9.17) is 4.74 Å². The molecule has 0 bridgehead atoms. The Morgan fingerprint density at radius 2 is 2.00 bits per heavy atom. The van der Waals surface area contributed by atoms with Gasteiger partial charge in [0.1, 0.15) is 11.6 Å². The van der Waals surface area contributed by atoms with Crippen molar-refractivity contribution in [1.82, 2.24) is 4.98 Å².